The molecule has 0 saturated heterocycles. The van der Waals surface area contributed by atoms with E-state index in [4.69, 9.17) is 0 Å². The molecule has 17 heavy (non-hydrogen) atoms. The van der Waals surface area contributed by atoms with Crippen molar-refractivity contribution in [2.24, 2.45) is 0 Å². The largest absolute Gasteiger partial charge is 0.377 e. The summed E-state index contributed by atoms with van der Waals surface area (Å²) in [4.78, 5) is 21.9. The average molecular weight is 233 g/mol. The Morgan fingerprint density at radius 1 is 1.47 bits per heavy atom. The highest BCUT2D eigenvalue weighted by atomic mass is 16.6. The van der Waals surface area contributed by atoms with Crippen LogP contribution in [0.4, 0.5) is 0 Å². The van der Waals surface area contributed by atoms with Gasteiger partial charge in [0, 0.05) is 12.0 Å². The molecule has 2 rings (SSSR count). The topological polar surface area (TPSA) is 80.4 Å². The van der Waals surface area contributed by atoms with Crippen molar-refractivity contribution in [3.05, 3.63) is 51.6 Å². The summed E-state index contributed by atoms with van der Waals surface area (Å²) in [6.45, 7) is 1.28. The molecule has 5 heteroatoms. The van der Waals surface area contributed by atoms with Crippen LogP contribution in [-0.4, -0.2) is 15.8 Å². The molecule has 5 nitrogen and oxygen atoms in total. The van der Waals surface area contributed by atoms with Gasteiger partial charge < -0.3 is 5.11 Å². The summed E-state index contributed by atoms with van der Waals surface area (Å²) >= 11 is 0. The van der Waals surface area contributed by atoms with E-state index < -0.39 is 16.3 Å². The number of nitrogens with zero attached hydrogens (tertiary/aromatic N) is 1. The molecular weight excluding hydrogens is 222 g/mol. The van der Waals surface area contributed by atoms with E-state index in [9.17, 15) is 20.0 Å². The van der Waals surface area contributed by atoms with Crippen LogP contribution in [0.5, 0.6) is 0 Å². The Balaban J connectivity index is 2.66. The first-order chi connectivity index (χ1) is 7.97. The molecule has 0 saturated carbocycles. The molecule has 1 aliphatic rings. The van der Waals surface area contributed by atoms with Crippen LogP contribution >= 0.6 is 0 Å². The first-order valence-electron chi connectivity index (χ1n) is 5.14. The molecule has 0 aromatic heterocycles. The lowest BCUT2D eigenvalue weighted by atomic mass is 9.79. The SMILES string of the molecule is CC(=O)C1(O)CC=C([N+](=O)[O-])c2ccccc21. The molecule has 1 aromatic rings. The Morgan fingerprint density at radius 3 is 2.71 bits per heavy atom. The third-order valence-corrected chi connectivity index (χ3v) is 3.02. The second kappa shape index (κ2) is 3.78. The Bertz CT molecular complexity index is 535. The van der Waals surface area contributed by atoms with Crippen LogP contribution in [0, 0.1) is 10.1 Å². The third kappa shape index (κ3) is 1.64. The zero-order chi connectivity index (χ0) is 12.6. The number of hydrogen-bond donors (Lipinski definition) is 1. The van der Waals surface area contributed by atoms with Gasteiger partial charge in [-0.05, 0) is 19.1 Å². The van der Waals surface area contributed by atoms with Gasteiger partial charge in [0.25, 0.3) is 5.70 Å². The number of Topliss-reactive ketones (excluding diaryl/α,β-unsaturated/α-hetero) is 1. The minimum absolute atomic E-state index is 0.0599. The number of rotatable bonds is 2. The highest BCUT2D eigenvalue weighted by Crippen LogP contribution is 2.38. The Kier molecular flexibility index (Phi) is 2.55. The lowest BCUT2D eigenvalue weighted by Crippen LogP contribution is -2.36. The molecule has 1 N–H and O–H groups in total. The maximum Gasteiger partial charge on any atom is 0.273 e. The average Bonchev–Trinajstić information content (AvgIpc) is 2.29. The van der Waals surface area contributed by atoms with Gasteiger partial charge in [-0.15, -0.1) is 0 Å². The van der Waals surface area contributed by atoms with Gasteiger partial charge >= 0.3 is 0 Å². The van der Waals surface area contributed by atoms with Crippen molar-refractivity contribution in [1.82, 2.24) is 0 Å². The van der Waals surface area contributed by atoms with Gasteiger partial charge in [-0.2, -0.15) is 0 Å². The first-order valence-corrected chi connectivity index (χ1v) is 5.14. The van der Waals surface area contributed by atoms with Gasteiger partial charge in [0.05, 0.1) is 10.5 Å². The predicted molar refractivity (Wildman–Crippen MR) is 60.6 cm³/mol. The summed E-state index contributed by atoms with van der Waals surface area (Å²) in [6, 6.07) is 6.38. The van der Waals surface area contributed by atoms with Crippen molar-refractivity contribution in [1.29, 1.82) is 0 Å². The summed E-state index contributed by atoms with van der Waals surface area (Å²) in [5, 5.41) is 21.2. The van der Waals surface area contributed by atoms with Crippen molar-refractivity contribution in [2.45, 2.75) is 18.9 Å². The maximum atomic E-state index is 11.5. The Hall–Kier alpha value is -2.01. The summed E-state index contributed by atoms with van der Waals surface area (Å²) < 4.78 is 0. The molecule has 0 aliphatic heterocycles. The fourth-order valence-electron chi connectivity index (χ4n) is 2.04. The fourth-order valence-corrected chi connectivity index (χ4v) is 2.04. The van der Waals surface area contributed by atoms with Crippen LogP contribution in [0.1, 0.15) is 24.5 Å². The Morgan fingerprint density at radius 2 is 2.12 bits per heavy atom. The van der Waals surface area contributed by atoms with Gasteiger partial charge in [0.15, 0.2) is 11.4 Å². The molecule has 0 fully saturated rings. The number of hydrogen-bond acceptors (Lipinski definition) is 4. The molecule has 0 heterocycles. The fraction of sp³-hybridized carbons (Fsp3) is 0.250. The van der Waals surface area contributed by atoms with E-state index in [1.165, 1.54) is 19.1 Å². The van der Waals surface area contributed by atoms with Gasteiger partial charge in [0.2, 0.25) is 0 Å². The van der Waals surface area contributed by atoms with Crippen molar-refractivity contribution in [3.63, 3.8) is 0 Å². The molecule has 1 aliphatic carbocycles. The van der Waals surface area contributed by atoms with Gasteiger partial charge in [-0.1, -0.05) is 18.2 Å². The van der Waals surface area contributed by atoms with E-state index in [-0.39, 0.29) is 12.1 Å². The van der Waals surface area contributed by atoms with Crippen molar-refractivity contribution in [2.75, 3.05) is 0 Å². The molecule has 1 aromatic carbocycles. The van der Waals surface area contributed by atoms with Gasteiger partial charge in [-0.3, -0.25) is 14.9 Å². The molecule has 0 amide bonds. The lowest BCUT2D eigenvalue weighted by Gasteiger charge is -2.29. The van der Waals surface area contributed by atoms with Crippen LogP contribution in [-0.2, 0) is 10.4 Å². The molecule has 1 atom stereocenters. The van der Waals surface area contributed by atoms with Gasteiger partial charge in [-0.25, -0.2) is 0 Å². The highest BCUT2D eigenvalue weighted by Gasteiger charge is 2.41. The monoisotopic (exact) mass is 233 g/mol. The van der Waals surface area contributed by atoms with Crippen LogP contribution in [0.25, 0.3) is 5.70 Å². The van der Waals surface area contributed by atoms with Crippen LogP contribution < -0.4 is 0 Å². The summed E-state index contributed by atoms with van der Waals surface area (Å²) in [5.41, 5.74) is -1.09. The first kappa shape index (κ1) is 11.5. The normalized spacial score (nSPS) is 22.6. The molecule has 1 unspecified atom stereocenters. The van der Waals surface area contributed by atoms with E-state index in [1.807, 2.05) is 0 Å². The number of ketones is 1. The van der Waals surface area contributed by atoms with E-state index in [0.29, 0.717) is 11.1 Å². The number of nitro groups is 1. The standard InChI is InChI=1S/C12H11NO4/c1-8(14)12(15)7-6-11(13(16)17)9-4-2-3-5-10(9)12/h2-6,15H,7H2,1H3. The molecule has 0 radical (unpaired) electrons. The van der Waals surface area contributed by atoms with E-state index in [1.54, 1.807) is 18.2 Å². The van der Waals surface area contributed by atoms with E-state index in [2.05, 4.69) is 0 Å². The third-order valence-electron chi connectivity index (χ3n) is 3.02. The molecule has 88 valence electrons. The minimum atomic E-state index is -1.64. The lowest BCUT2D eigenvalue weighted by molar-refractivity contribution is -0.376. The second-order valence-corrected chi connectivity index (χ2v) is 4.01. The molecular formula is C12H11NO4. The van der Waals surface area contributed by atoms with Crippen LogP contribution in [0.15, 0.2) is 30.3 Å². The number of carbonyl (C=O) groups is 1. The molecule has 0 spiro atoms. The predicted octanol–water partition coefficient (Wildman–Crippen LogP) is 1.48. The Labute approximate surface area is 97.5 Å². The van der Waals surface area contributed by atoms with Crippen molar-refractivity contribution in [3.8, 4) is 0 Å². The quantitative estimate of drug-likeness (QED) is 0.619. The maximum absolute atomic E-state index is 11.5. The summed E-state index contributed by atoms with van der Waals surface area (Å²) in [7, 11) is 0. The number of benzene rings is 1. The molecule has 0 bridgehead atoms. The minimum Gasteiger partial charge on any atom is -0.377 e. The van der Waals surface area contributed by atoms with Crippen molar-refractivity contribution >= 4 is 11.5 Å². The highest BCUT2D eigenvalue weighted by molar-refractivity contribution is 5.89. The van der Waals surface area contributed by atoms with Crippen LogP contribution in [0.3, 0.4) is 0 Å². The van der Waals surface area contributed by atoms with E-state index in [0.717, 1.165) is 0 Å². The van der Waals surface area contributed by atoms with Gasteiger partial charge in [0.1, 0.15) is 0 Å². The second-order valence-electron chi connectivity index (χ2n) is 4.01. The van der Waals surface area contributed by atoms with Crippen LogP contribution in [0.2, 0.25) is 0 Å². The number of carbonyl (C=O) groups excluding carboxylic acids is 1. The number of aliphatic hydroxyl groups is 1. The van der Waals surface area contributed by atoms with E-state index >= 15 is 0 Å². The summed E-state index contributed by atoms with van der Waals surface area (Å²) in [6.07, 6.45) is 1.24. The zero-order valence-electron chi connectivity index (χ0n) is 9.21. The zero-order valence-corrected chi connectivity index (χ0v) is 9.21. The van der Waals surface area contributed by atoms with Crippen molar-refractivity contribution < 1.29 is 14.8 Å². The smallest absolute Gasteiger partial charge is 0.273 e. The summed E-state index contributed by atoms with van der Waals surface area (Å²) in [5.74, 6) is -0.413. The number of fused-ring (bicyclic) bond motifs is 1.